The van der Waals surface area contributed by atoms with Crippen LogP contribution in [0.4, 0.5) is 23.7 Å². The summed E-state index contributed by atoms with van der Waals surface area (Å²) in [5, 5.41) is 20.7. The van der Waals surface area contributed by atoms with Crippen molar-refractivity contribution in [2.75, 3.05) is 37.7 Å². The minimum atomic E-state index is -5.08. The molecular formula is C34H42F3N5O6S. The van der Waals surface area contributed by atoms with Crippen LogP contribution in [0.1, 0.15) is 79.1 Å². The highest BCUT2D eigenvalue weighted by molar-refractivity contribution is 7.19. The summed E-state index contributed by atoms with van der Waals surface area (Å²) in [6.45, 7) is 10.3. The van der Waals surface area contributed by atoms with Gasteiger partial charge in [-0.05, 0) is 79.2 Å². The van der Waals surface area contributed by atoms with Crippen LogP contribution in [0, 0.1) is 11.3 Å². The van der Waals surface area contributed by atoms with Crippen LogP contribution >= 0.6 is 11.3 Å². The predicted octanol–water partition coefficient (Wildman–Crippen LogP) is 5.75. The molecule has 0 spiro atoms. The molecular weight excluding hydrogens is 663 g/mol. The zero-order chi connectivity index (χ0) is 35.5. The third-order valence-corrected chi connectivity index (χ3v) is 10.3. The van der Waals surface area contributed by atoms with Crippen LogP contribution in [0.5, 0.6) is 0 Å². The van der Waals surface area contributed by atoms with Crippen molar-refractivity contribution < 1.29 is 42.5 Å². The molecule has 0 unspecified atom stereocenters. The van der Waals surface area contributed by atoms with Crippen molar-refractivity contribution in [3.63, 3.8) is 0 Å². The summed E-state index contributed by atoms with van der Waals surface area (Å²) in [5.41, 5.74) is 5.12. The van der Waals surface area contributed by atoms with Crippen molar-refractivity contribution in [1.29, 1.82) is 0 Å². The van der Waals surface area contributed by atoms with E-state index in [9.17, 15) is 27.9 Å². The number of carboxylic acid groups (broad SMARTS) is 1. The van der Waals surface area contributed by atoms with Gasteiger partial charge in [0, 0.05) is 31.0 Å². The minimum Gasteiger partial charge on any atom is -0.475 e. The fraction of sp³-hybridized carbons (Fsp3) is 0.559. The molecule has 1 aliphatic carbocycles. The molecule has 4 heterocycles. The molecule has 2 fully saturated rings. The molecule has 49 heavy (non-hydrogen) atoms. The Morgan fingerprint density at radius 2 is 1.82 bits per heavy atom. The maximum atomic E-state index is 13.7. The van der Waals surface area contributed by atoms with Crippen LogP contribution in [0.15, 0.2) is 30.3 Å². The second-order valence-electron chi connectivity index (χ2n) is 13.8. The molecule has 0 radical (unpaired) electrons. The Kier molecular flexibility index (Phi) is 11.1. The van der Waals surface area contributed by atoms with Gasteiger partial charge in [0.1, 0.15) is 17.0 Å². The van der Waals surface area contributed by atoms with Crippen LogP contribution in [0.2, 0.25) is 0 Å². The molecule has 2 amide bonds. The molecule has 6 rings (SSSR count). The molecule has 3 aliphatic rings. The van der Waals surface area contributed by atoms with E-state index < -0.39 is 12.1 Å². The number of halogens is 3. The fourth-order valence-electron chi connectivity index (χ4n) is 6.38. The Bertz CT molecular complexity index is 1670. The van der Waals surface area contributed by atoms with Crippen molar-refractivity contribution in [2.45, 2.75) is 77.6 Å². The zero-order valence-corrected chi connectivity index (χ0v) is 28.6. The number of nitrogens with zero attached hydrogens (tertiary/aromatic N) is 4. The molecule has 266 valence electrons. The zero-order valence-electron chi connectivity index (χ0n) is 27.8. The molecule has 2 saturated heterocycles. The van der Waals surface area contributed by atoms with Gasteiger partial charge >= 0.3 is 18.2 Å². The maximum absolute atomic E-state index is 13.7. The predicted molar refractivity (Wildman–Crippen MR) is 178 cm³/mol. The average molecular weight is 706 g/mol. The van der Waals surface area contributed by atoms with Gasteiger partial charge in [-0.2, -0.15) is 13.2 Å². The number of pyridine rings is 1. The number of rotatable bonds is 7. The molecule has 1 aromatic carbocycles. The number of aliphatic carboxylic acids is 1. The average Bonchev–Trinajstić information content (AvgIpc) is 3.67. The third kappa shape index (κ3) is 9.25. The van der Waals surface area contributed by atoms with Crippen molar-refractivity contribution in [2.24, 2.45) is 11.3 Å². The number of hydrogen-bond acceptors (Lipinski definition) is 9. The summed E-state index contributed by atoms with van der Waals surface area (Å²) in [6.07, 6.45) is -0.343. The minimum absolute atomic E-state index is 0.214. The topological polar surface area (TPSA) is 145 Å². The van der Waals surface area contributed by atoms with E-state index in [1.165, 1.54) is 16.9 Å². The number of piperidine rings is 1. The normalized spacial score (nSPS) is 19.5. The highest BCUT2D eigenvalue weighted by Crippen LogP contribution is 2.38. The first-order chi connectivity index (χ1) is 23.1. The van der Waals surface area contributed by atoms with E-state index in [0.29, 0.717) is 30.5 Å². The van der Waals surface area contributed by atoms with E-state index >= 15 is 0 Å². The number of fused-ring (bicyclic) bond motifs is 2. The number of cyclic esters (lactones) is 1. The number of anilines is 1. The van der Waals surface area contributed by atoms with Crippen LogP contribution in [-0.2, 0) is 22.4 Å². The van der Waals surface area contributed by atoms with Crippen molar-refractivity contribution in [1.82, 2.24) is 20.2 Å². The molecule has 0 bridgehead atoms. The van der Waals surface area contributed by atoms with Gasteiger partial charge in [-0.25, -0.2) is 19.6 Å². The highest BCUT2D eigenvalue weighted by Gasteiger charge is 2.38. The van der Waals surface area contributed by atoms with E-state index in [-0.39, 0.29) is 29.6 Å². The molecule has 3 N–H and O–H groups in total. The molecule has 11 nitrogen and oxygen atoms in total. The fourth-order valence-corrected chi connectivity index (χ4v) is 7.23. The number of aromatic nitrogens is 2. The number of thiazole rings is 1. The third-order valence-electron chi connectivity index (χ3n) is 9.35. The number of aliphatic hydroxyl groups excluding tert-OH is 1. The number of aliphatic hydroxyl groups is 1. The number of carboxylic acids is 1. The van der Waals surface area contributed by atoms with Gasteiger partial charge in [0.05, 0.1) is 18.7 Å². The first-order valence-corrected chi connectivity index (χ1v) is 17.2. The number of carbonyl (C=O) groups is 3. The number of benzene rings is 1. The molecule has 2 aromatic heterocycles. The summed E-state index contributed by atoms with van der Waals surface area (Å²) in [4.78, 5) is 49.2. The largest absolute Gasteiger partial charge is 0.490 e. The number of likely N-dealkylation sites (tertiary alicyclic amines) is 1. The van der Waals surface area contributed by atoms with Gasteiger partial charge in [0.2, 0.25) is 0 Å². The lowest BCUT2D eigenvalue weighted by molar-refractivity contribution is -0.192. The Hall–Kier alpha value is -3.82. The quantitative estimate of drug-likeness (QED) is 0.280. The van der Waals surface area contributed by atoms with Crippen LogP contribution in [-0.4, -0.2) is 88.1 Å². The van der Waals surface area contributed by atoms with Gasteiger partial charge in [-0.3, -0.25) is 9.69 Å². The van der Waals surface area contributed by atoms with Gasteiger partial charge in [0.15, 0.2) is 5.01 Å². The van der Waals surface area contributed by atoms with Crippen LogP contribution < -0.4 is 10.2 Å². The Morgan fingerprint density at radius 1 is 1.10 bits per heavy atom. The van der Waals surface area contributed by atoms with Gasteiger partial charge in [0.25, 0.3) is 5.91 Å². The number of alkyl halides is 3. The number of carbonyl (C=O) groups excluding carboxylic acids is 2. The summed E-state index contributed by atoms with van der Waals surface area (Å²) in [7, 11) is 0. The lowest BCUT2D eigenvalue weighted by atomic mass is 9.71. The Morgan fingerprint density at radius 3 is 2.45 bits per heavy atom. The van der Waals surface area contributed by atoms with Gasteiger partial charge in [-0.1, -0.05) is 44.2 Å². The summed E-state index contributed by atoms with van der Waals surface area (Å²) in [5.74, 6) is -2.37. The summed E-state index contributed by atoms with van der Waals surface area (Å²) < 4.78 is 36.9. The lowest BCUT2D eigenvalue weighted by Crippen LogP contribution is -2.38. The van der Waals surface area contributed by atoms with E-state index in [1.54, 1.807) is 4.90 Å². The first-order valence-electron chi connectivity index (χ1n) is 16.4. The van der Waals surface area contributed by atoms with E-state index in [0.717, 1.165) is 79.0 Å². The maximum Gasteiger partial charge on any atom is 0.490 e. The highest BCUT2D eigenvalue weighted by atomic mass is 32.1. The van der Waals surface area contributed by atoms with E-state index in [4.69, 9.17) is 24.6 Å². The second-order valence-corrected chi connectivity index (χ2v) is 14.8. The van der Waals surface area contributed by atoms with Crippen LogP contribution in [0.25, 0.3) is 10.3 Å². The number of hydrogen-bond donors (Lipinski definition) is 3. The molecule has 15 heteroatoms. The Balaban J connectivity index is 0.000000606. The van der Waals surface area contributed by atoms with E-state index in [2.05, 4.69) is 37.1 Å². The SMILES string of the molecule is CC(C)(C)[C@H]1CCc2nc3sc(C(=O)N[C@H](CCN4CCC(O)CC4)c4cccc(N5CCOC5=O)c4)nc3cc2C1.O=C(O)C(F)(F)F. The smallest absolute Gasteiger partial charge is 0.475 e. The van der Waals surface area contributed by atoms with Crippen LogP contribution in [0.3, 0.4) is 0 Å². The van der Waals surface area contributed by atoms with Crippen molar-refractivity contribution in [3.8, 4) is 0 Å². The van der Waals surface area contributed by atoms with Crippen molar-refractivity contribution >= 4 is 45.3 Å². The second kappa shape index (κ2) is 15.0. The standard InChI is InChI=1S/C32H41N5O4S.C2HF3O2/c1-32(2,3)22-7-8-25-21(17-22)19-27-29(34-25)42-30(35-27)28(39)33-26(11-14-36-12-9-24(38)10-13-36)20-5-4-6-23(18-20)37-15-16-41-31(37)40;3-2(4,5)1(6)7/h4-6,18-19,22,24,26,38H,7-17H2,1-3H3,(H,33,39);(H,6,7)/t22-,26+;/m0./s1. The molecule has 2 aliphatic heterocycles. The number of amides is 2. The summed E-state index contributed by atoms with van der Waals surface area (Å²) in [6, 6.07) is 9.65. The molecule has 3 aromatic rings. The lowest BCUT2D eigenvalue weighted by Gasteiger charge is -2.34. The number of ether oxygens (including phenoxy) is 1. The summed E-state index contributed by atoms with van der Waals surface area (Å²) >= 11 is 1.35. The van der Waals surface area contributed by atoms with Crippen molar-refractivity contribution in [3.05, 3.63) is 52.2 Å². The number of aryl methyl sites for hydroxylation is 1. The monoisotopic (exact) mass is 705 g/mol. The van der Waals surface area contributed by atoms with Gasteiger partial charge in [-0.15, -0.1) is 0 Å². The van der Waals surface area contributed by atoms with Gasteiger partial charge < -0.3 is 25.2 Å². The van der Waals surface area contributed by atoms with E-state index in [1.807, 2.05) is 24.3 Å². The number of nitrogens with one attached hydrogen (secondary N) is 1. The first kappa shape index (κ1) is 36.5. The Labute approximate surface area is 286 Å². The molecule has 2 atom stereocenters. The molecule has 0 saturated carbocycles.